The Morgan fingerprint density at radius 2 is 2.15 bits per heavy atom. The molecule has 10 heteroatoms. The van der Waals surface area contributed by atoms with Crippen molar-refractivity contribution in [2.24, 2.45) is 7.05 Å². The Bertz CT molecular complexity index is 1090. The van der Waals surface area contributed by atoms with Gasteiger partial charge in [0, 0.05) is 25.2 Å². The first-order valence-corrected chi connectivity index (χ1v) is 8.19. The molecule has 140 valence electrons. The third kappa shape index (κ3) is 3.98. The zero-order valence-electron chi connectivity index (χ0n) is 14.4. The number of nitrogens with zero attached hydrogens (tertiary/aromatic N) is 3. The maximum Gasteiger partial charge on any atom is 0.293 e. The predicted molar refractivity (Wildman–Crippen MR) is 99.0 cm³/mol. The van der Waals surface area contributed by atoms with Crippen molar-refractivity contribution in [3.63, 3.8) is 0 Å². The van der Waals surface area contributed by atoms with E-state index in [0.29, 0.717) is 16.6 Å². The summed E-state index contributed by atoms with van der Waals surface area (Å²) in [6.07, 6.45) is 0.965. The predicted octanol–water partition coefficient (Wildman–Crippen LogP) is 1.99. The van der Waals surface area contributed by atoms with Gasteiger partial charge in [-0.15, -0.1) is 0 Å². The number of fused-ring (bicyclic) bond motifs is 1. The number of likely N-dealkylation sites (N-methyl/N-ethyl adjacent to an activating group) is 1. The lowest BCUT2D eigenvalue weighted by molar-refractivity contribution is -0.122. The minimum atomic E-state index is -0.658. The van der Waals surface area contributed by atoms with Crippen molar-refractivity contribution in [1.29, 1.82) is 0 Å². The number of carbonyl (C=O) groups excluding carboxylic acids is 1. The monoisotopic (exact) mass is 391 g/mol. The minimum Gasteiger partial charge on any atom is -0.478 e. The Kier molecular flexibility index (Phi) is 5.22. The van der Waals surface area contributed by atoms with E-state index in [9.17, 15) is 14.0 Å². The number of hydrogen-bond donors (Lipinski definition) is 2. The van der Waals surface area contributed by atoms with Crippen LogP contribution < -0.4 is 20.9 Å². The van der Waals surface area contributed by atoms with Crippen molar-refractivity contribution >= 4 is 39.9 Å². The van der Waals surface area contributed by atoms with Crippen LogP contribution in [0.3, 0.4) is 0 Å². The third-order valence-corrected chi connectivity index (χ3v) is 3.99. The maximum absolute atomic E-state index is 13.8. The molecule has 0 bridgehead atoms. The molecule has 0 radical (unpaired) electrons. The van der Waals surface area contributed by atoms with Crippen molar-refractivity contribution in [3.8, 4) is 5.75 Å². The molecular formula is C17H15ClFN5O3. The van der Waals surface area contributed by atoms with Gasteiger partial charge in [-0.1, -0.05) is 0 Å². The Morgan fingerprint density at radius 1 is 1.37 bits per heavy atom. The lowest BCUT2D eigenvalue weighted by Gasteiger charge is -2.12. The molecule has 0 unspecified atom stereocenters. The van der Waals surface area contributed by atoms with Crippen LogP contribution in [0, 0.1) is 5.82 Å². The number of ether oxygens (including phenoxy) is 1. The fraction of sp³-hybridized carbons (Fsp3) is 0.176. The number of pyridine rings is 1. The topological polar surface area (TPSA) is 98.1 Å². The summed E-state index contributed by atoms with van der Waals surface area (Å²) in [7, 11) is 3.06. The fourth-order valence-corrected chi connectivity index (χ4v) is 2.55. The molecular weight excluding hydrogens is 377 g/mol. The van der Waals surface area contributed by atoms with Crippen molar-refractivity contribution < 1.29 is 13.9 Å². The maximum atomic E-state index is 13.8. The average Bonchev–Trinajstić information content (AvgIpc) is 2.66. The molecule has 0 aliphatic carbocycles. The highest BCUT2D eigenvalue weighted by atomic mass is 35.5. The highest BCUT2D eigenvalue weighted by molar-refractivity contribution is 6.28. The van der Waals surface area contributed by atoms with Gasteiger partial charge >= 0.3 is 0 Å². The molecule has 27 heavy (non-hydrogen) atoms. The quantitative estimate of drug-likeness (QED) is 0.645. The van der Waals surface area contributed by atoms with Crippen LogP contribution >= 0.6 is 11.6 Å². The van der Waals surface area contributed by atoms with Gasteiger partial charge < -0.3 is 19.9 Å². The second-order valence-electron chi connectivity index (χ2n) is 5.57. The second-order valence-corrected chi connectivity index (χ2v) is 5.91. The average molecular weight is 392 g/mol. The van der Waals surface area contributed by atoms with Gasteiger partial charge in [-0.3, -0.25) is 9.59 Å². The number of nitrogens with one attached hydrogen (secondary N) is 2. The molecule has 0 spiro atoms. The number of amides is 1. The van der Waals surface area contributed by atoms with Crippen LogP contribution in [0.1, 0.15) is 0 Å². The number of aromatic nitrogens is 3. The molecule has 0 fully saturated rings. The lowest BCUT2D eigenvalue weighted by Crippen LogP contribution is -2.27. The van der Waals surface area contributed by atoms with Gasteiger partial charge in [-0.2, -0.15) is 4.98 Å². The highest BCUT2D eigenvalue weighted by Gasteiger charge is 2.11. The first-order valence-electron chi connectivity index (χ1n) is 7.81. The first-order chi connectivity index (χ1) is 12.9. The van der Waals surface area contributed by atoms with Gasteiger partial charge in [0.25, 0.3) is 11.5 Å². The largest absolute Gasteiger partial charge is 0.478 e. The first kappa shape index (κ1) is 18.6. The highest BCUT2D eigenvalue weighted by Crippen LogP contribution is 2.24. The van der Waals surface area contributed by atoms with Gasteiger partial charge in [0.1, 0.15) is 0 Å². The normalized spacial score (nSPS) is 10.7. The number of aryl methyl sites for hydroxylation is 1. The summed E-state index contributed by atoms with van der Waals surface area (Å²) in [5.41, 5.74) is 0.784. The summed E-state index contributed by atoms with van der Waals surface area (Å²) >= 11 is 5.69. The van der Waals surface area contributed by atoms with E-state index in [4.69, 9.17) is 16.3 Å². The Balaban J connectivity index is 1.98. The van der Waals surface area contributed by atoms with Crippen LogP contribution in [0.2, 0.25) is 5.28 Å². The summed E-state index contributed by atoms with van der Waals surface area (Å²) in [5.74, 6) is -1.06. The smallest absolute Gasteiger partial charge is 0.293 e. The van der Waals surface area contributed by atoms with Crippen LogP contribution in [0.15, 0.2) is 35.3 Å². The van der Waals surface area contributed by atoms with Crippen molar-refractivity contribution in [2.45, 2.75) is 0 Å². The number of rotatable bonds is 5. The van der Waals surface area contributed by atoms with Gasteiger partial charge in [0.15, 0.2) is 24.0 Å². The van der Waals surface area contributed by atoms with E-state index >= 15 is 0 Å². The Labute approximate surface area is 158 Å². The molecule has 1 aromatic carbocycles. The van der Waals surface area contributed by atoms with Crippen molar-refractivity contribution in [1.82, 2.24) is 19.9 Å². The summed E-state index contributed by atoms with van der Waals surface area (Å²) in [5, 5.41) is 5.78. The molecule has 0 aliphatic heterocycles. The van der Waals surface area contributed by atoms with Crippen LogP contribution in [-0.4, -0.2) is 34.1 Å². The lowest BCUT2D eigenvalue weighted by atomic mass is 10.2. The molecule has 0 atom stereocenters. The number of halogens is 2. The Morgan fingerprint density at radius 3 is 2.89 bits per heavy atom. The van der Waals surface area contributed by atoms with Gasteiger partial charge in [0.05, 0.1) is 11.7 Å². The van der Waals surface area contributed by atoms with E-state index in [1.165, 1.54) is 17.7 Å². The van der Waals surface area contributed by atoms with E-state index in [0.717, 1.165) is 6.20 Å². The van der Waals surface area contributed by atoms with Crippen LogP contribution in [0.5, 0.6) is 5.75 Å². The number of anilines is 2. The summed E-state index contributed by atoms with van der Waals surface area (Å²) in [4.78, 5) is 31.1. The second kappa shape index (κ2) is 7.58. The van der Waals surface area contributed by atoms with Gasteiger partial charge in [0.2, 0.25) is 5.28 Å². The van der Waals surface area contributed by atoms with E-state index < -0.39 is 5.82 Å². The van der Waals surface area contributed by atoms with Crippen molar-refractivity contribution in [3.05, 3.63) is 51.9 Å². The zero-order chi connectivity index (χ0) is 19.6. The molecule has 3 rings (SSSR count). The van der Waals surface area contributed by atoms with E-state index in [1.807, 2.05) is 0 Å². The van der Waals surface area contributed by atoms with E-state index in [2.05, 4.69) is 20.6 Å². The zero-order valence-corrected chi connectivity index (χ0v) is 15.2. The molecule has 3 aromatic rings. The summed E-state index contributed by atoms with van der Waals surface area (Å²) in [6.45, 7) is -0.278. The molecule has 2 aromatic heterocycles. The summed E-state index contributed by atoms with van der Waals surface area (Å²) < 4.78 is 20.5. The number of benzene rings is 1. The van der Waals surface area contributed by atoms with Crippen LogP contribution in [-0.2, 0) is 11.8 Å². The Hall–Kier alpha value is -3.20. The fourth-order valence-electron chi connectivity index (χ4n) is 2.42. The molecule has 8 nitrogen and oxygen atoms in total. The van der Waals surface area contributed by atoms with Gasteiger partial charge in [-0.05, 0) is 35.9 Å². The molecule has 0 aliphatic rings. The van der Waals surface area contributed by atoms with Crippen LogP contribution in [0.4, 0.5) is 15.9 Å². The third-order valence-electron chi connectivity index (χ3n) is 3.81. The van der Waals surface area contributed by atoms with Crippen LogP contribution in [0.25, 0.3) is 10.9 Å². The molecule has 2 heterocycles. The number of carbonyl (C=O) groups is 1. The standard InChI is InChI=1S/C17H15ClFN5O3/c1-20-14(25)8-27-13-6-9-5-10(3-4-12(9)24(2)16(13)26)22-15-11(19)7-21-17(18)23-15/h3-7H,8H2,1-2H3,(H,20,25)(H,21,22,23). The molecule has 2 N–H and O–H groups in total. The van der Waals surface area contributed by atoms with E-state index in [1.54, 1.807) is 25.2 Å². The van der Waals surface area contributed by atoms with Gasteiger partial charge in [-0.25, -0.2) is 9.37 Å². The van der Waals surface area contributed by atoms with Crippen molar-refractivity contribution in [2.75, 3.05) is 19.0 Å². The SMILES string of the molecule is CNC(=O)COc1cc2cc(Nc3nc(Cl)ncc3F)ccc2n(C)c1=O. The molecule has 0 saturated heterocycles. The number of hydrogen-bond acceptors (Lipinski definition) is 6. The van der Waals surface area contributed by atoms with E-state index in [-0.39, 0.29) is 34.9 Å². The summed E-state index contributed by atoms with van der Waals surface area (Å²) in [6, 6.07) is 6.58. The minimum absolute atomic E-state index is 0.0296. The molecule has 0 saturated carbocycles. The molecule has 1 amide bonds.